The van der Waals surface area contributed by atoms with E-state index in [0.29, 0.717) is 54.6 Å². The molecule has 3 fully saturated rings. The van der Waals surface area contributed by atoms with E-state index in [9.17, 15) is 24.0 Å². The van der Waals surface area contributed by atoms with E-state index < -0.39 is 59.8 Å². The first-order valence-corrected chi connectivity index (χ1v) is 23.2. The van der Waals surface area contributed by atoms with Crippen LogP contribution in [0.4, 0.5) is 39.8 Å². The quantitative estimate of drug-likeness (QED) is 0.106. The van der Waals surface area contributed by atoms with Gasteiger partial charge in [-0.15, -0.1) is 11.3 Å². The minimum Gasteiger partial charge on any atom is -0.374 e. The van der Waals surface area contributed by atoms with Crippen molar-refractivity contribution in [1.29, 1.82) is 0 Å². The second kappa shape index (κ2) is 17.8. The highest BCUT2D eigenvalue weighted by molar-refractivity contribution is 7.13. The van der Waals surface area contributed by atoms with E-state index in [1.54, 1.807) is 28.9 Å². The minimum absolute atomic E-state index is 0.00268. The van der Waals surface area contributed by atoms with E-state index in [1.165, 1.54) is 39.3 Å². The maximum absolute atomic E-state index is 15.9. The largest absolute Gasteiger partial charge is 0.374 e. The molecule has 0 bridgehead atoms. The van der Waals surface area contributed by atoms with Crippen LogP contribution < -0.4 is 25.8 Å². The molecule has 7 heterocycles. The molecule has 348 valence electrons. The van der Waals surface area contributed by atoms with E-state index >= 15 is 17.6 Å². The molecule has 3 saturated heterocycles. The molecule has 3 aromatic carbocycles. The lowest BCUT2D eigenvalue weighted by Crippen LogP contribution is -2.52. The Balaban J connectivity index is 0.742. The molecule has 5 aromatic rings. The van der Waals surface area contributed by atoms with E-state index in [0.717, 1.165) is 30.4 Å². The standard InChI is InChI=1S/C47H46F4N10O5S/c48-34-21-28(20-32-33(34)24-61(45(32)66)42(44(65)56-46-52-12-19-67-46)41-38-2-1-13-60(38)26-53-41)27-3-6-31(7-4-27)57-15-17-58(18-16-57)40(63)22-29-11-14-59(25-47(29,50)51)37-9-5-30(23-35(37)49)54-36-8-10-39(62)55-43(36)64/h3-7,9,12,19-21,23,26,29,36,42,54H,1-2,8,10-11,13-18,22,24-25H2,(H,52,56,65)(H,55,62,64). The Morgan fingerprint density at radius 1 is 0.881 bits per heavy atom. The van der Waals surface area contributed by atoms with Crippen molar-refractivity contribution in [3.05, 3.63) is 107 Å². The molecule has 5 aliphatic rings. The topological polar surface area (TPSA) is 165 Å². The number of rotatable bonds is 11. The van der Waals surface area contributed by atoms with E-state index in [-0.39, 0.29) is 73.1 Å². The van der Waals surface area contributed by atoms with Crippen LogP contribution >= 0.6 is 11.3 Å². The third-order valence-electron chi connectivity index (χ3n) is 13.5. The Bertz CT molecular complexity index is 2760. The minimum atomic E-state index is -3.26. The second-order valence-electron chi connectivity index (χ2n) is 17.6. The number of nitrogens with zero attached hydrogens (tertiary/aromatic N) is 7. The molecule has 15 nitrogen and oxygen atoms in total. The van der Waals surface area contributed by atoms with Crippen LogP contribution in [0.3, 0.4) is 0 Å². The molecule has 0 radical (unpaired) electrons. The number of benzene rings is 3. The highest BCUT2D eigenvalue weighted by Crippen LogP contribution is 2.40. The molecule has 5 amide bonds. The Labute approximate surface area is 386 Å². The molecule has 10 rings (SSSR count). The van der Waals surface area contributed by atoms with E-state index in [2.05, 4.69) is 30.8 Å². The fraction of sp³-hybridized carbons (Fsp3) is 0.383. The number of amides is 5. The third-order valence-corrected chi connectivity index (χ3v) is 14.2. The van der Waals surface area contributed by atoms with Crippen molar-refractivity contribution in [3.63, 3.8) is 0 Å². The number of carbonyl (C=O) groups is 5. The van der Waals surface area contributed by atoms with Crippen LogP contribution in [-0.4, -0.2) is 105 Å². The monoisotopic (exact) mass is 938 g/mol. The second-order valence-corrected chi connectivity index (χ2v) is 18.5. The normalized spacial score (nSPS) is 20.7. The molecule has 3 unspecified atom stereocenters. The SMILES string of the molecule is O=C1CCC(Nc2ccc(N3CCC(CC(=O)N4CCN(c5ccc(-c6cc(F)c7c(c6)C(=O)N(C(C(=O)Nc6nccs6)c6ncn8c6CCC8)C7)cc5)CC4)C(F)(F)C3)c(F)c2)C(=O)N1. The number of hydrogen-bond acceptors (Lipinski definition) is 11. The highest BCUT2D eigenvalue weighted by atomic mass is 32.1. The number of anilines is 4. The van der Waals surface area contributed by atoms with Crippen LogP contribution in [0.25, 0.3) is 11.1 Å². The Kier molecular flexibility index (Phi) is 11.7. The first kappa shape index (κ1) is 44.0. The summed E-state index contributed by atoms with van der Waals surface area (Å²) in [5, 5.41) is 10.0. The van der Waals surface area contributed by atoms with Crippen molar-refractivity contribution >= 4 is 63.1 Å². The number of imidazole rings is 1. The lowest BCUT2D eigenvalue weighted by Gasteiger charge is -2.41. The van der Waals surface area contributed by atoms with Gasteiger partial charge in [-0.1, -0.05) is 12.1 Å². The maximum atomic E-state index is 15.9. The van der Waals surface area contributed by atoms with Gasteiger partial charge in [-0.3, -0.25) is 34.6 Å². The molecule has 3 N–H and O–H groups in total. The number of alkyl halides is 2. The van der Waals surface area contributed by atoms with Gasteiger partial charge in [-0.2, -0.15) is 0 Å². The van der Waals surface area contributed by atoms with Crippen molar-refractivity contribution in [1.82, 2.24) is 29.7 Å². The summed E-state index contributed by atoms with van der Waals surface area (Å²) in [7, 11) is 0. The number of piperidine rings is 2. The number of imide groups is 1. The van der Waals surface area contributed by atoms with Gasteiger partial charge in [-0.25, -0.2) is 27.5 Å². The molecule has 3 atom stereocenters. The van der Waals surface area contributed by atoms with Crippen molar-refractivity contribution < 1.29 is 41.5 Å². The summed E-state index contributed by atoms with van der Waals surface area (Å²) in [5.74, 6) is -7.98. The number of hydrogen-bond donors (Lipinski definition) is 3. The molecule has 0 saturated carbocycles. The molecule has 2 aromatic heterocycles. The lowest BCUT2D eigenvalue weighted by atomic mass is 9.89. The molecular formula is C47H46F4N10O5S. The van der Waals surface area contributed by atoms with Gasteiger partial charge in [0.2, 0.25) is 17.7 Å². The zero-order valence-corrected chi connectivity index (χ0v) is 37.0. The summed E-state index contributed by atoms with van der Waals surface area (Å²) in [6, 6.07) is 12.7. The first-order valence-electron chi connectivity index (χ1n) is 22.3. The van der Waals surface area contributed by atoms with Crippen LogP contribution in [0.15, 0.2) is 72.5 Å². The van der Waals surface area contributed by atoms with Gasteiger partial charge in [-0.05, 0) is 79.3 Å². The predicted molar refractivity (Wildman–Crippen MR) is 241 cm³/mol. The fourth-order valence-electron chi connectivity index (χ4n) is 9.91. The fourth-order valence-corrected chi connectivity index (χ4v) is 10.4. The smallest absolute Gasteiger partial charge is 0.268 e. The van der Waals surface area contributed by atoms with Gasteiger partial charge in [0, 0.05) is 97.8 Å². The lowest BCUT2D eigenvalue weighted by molar-refractivity contribution is -0.138. The van der Waals surface area contributed by atoms with Gasteiger partial charge in [0.05, 0.1) is 30.8 Å². The molecule has 20 heteroatoms. The number of nitrogens with one attached hydrogen (secondary N) is 3. The number of carbonyl (C=O) groups excluding carboxylic acids is 5. The van der Waals surface area contributed by atoms with Crippen molar-refractivity contribution in [2.24, 2.45) is 5.92 Å². The summed E-state index contributed by atoms with van der Waals surface area (Å²) >= 11 is 1.25. The molecule has 5 aliphatic heterocycles. The summed E-state index contributed by atoms with van der Waals surface area (Å²) in [4.78, 5) is 80.0. The molecule has 67 heavy (non-hydrogen) atoms. The van der Waals surface area contributed by atoms with Gasteiger partial charge in [0.1, 0.15) is 17.7 Å². The summed E-state index contributed by atoms with van der Waals surface area (Å²) in [5.41, 5.74) is 4.02. The van der Waals surface area contributed by atoms with Crippen LogP contribution in [0.1, 0.15) is 65.5 Å². The van der Waals surface area contributed by atoms with Crippen LogP contribution in [0, 0.1) is 17.6 Å². The summed E-state index contributed by atoms with van der Waals surface area (Å²) in [6.07, 6.45) is 4.88. The highest BCUT2D eigenvalue weighted by Gasteiger charge is 2.47. The number of aromatic nitrogens is 3. The zero-order valence-electron chi connectivity index (χ0n) is 36.2. The summed E-state index contributed by atoms with van der Waals surface area (Å²) < 4.78 is 64.4. The van der Waals surface area contributed by atoms with E-state index in [1.807, 2.05) is 28.8 Å². The molecular weight excluding hydrogens is 893 g/mol. The Morgan fingerprint density at radius 3 is 2.42 bits per heavy atom. The van der Waals surface area contributed by atoms with Gasteiger partial charge < -0.3 is 29.5 Å². The van der Waals surface area contributed by atoms with Crippen molar-refractivity contribution in [2.75, 3.05) is 59.7 Å². The summed E-state index contributed by atoms with van der Waals surface area (Å²) in [6.45, 7) is 1.61. The number of thiazole rings is 1. The average molecular weight is 939 g/mol. The first-order chi connectivity index (χ1) is 32.3. The number of aryl methyl sites for hydroxylation is 1. The third kappa shape index (κ3) is 8.69. The molecule has 0 spiro atoms. The van der Waals surface area contributed by atoms with Gasteiger partial charge >= 0.3 is 0 Å². The van der Waals surface area contributed by atoms with Crippen molar-refractivity contribution in [2.45, 2.75) is 69.6 Å². The number of fused-ring (bicyclic) bond motifs is 2. The average Bonchev–Trinajstić information content (AvgIpc) is 4.14. The predicted octanol–water partition coefficient (Wildman–Crippen LogP) is 5.98. The number of piperazine rings is 1. The van der Waals surface area contributed by atoms with Crippen molar-refractivity contribution in [3.8, 4) is 11.1 Å². The Morgan fingerprint density at radius 2 is 1.69 bits per heavy atom. The zero-order chi connectivity index (χ0) is 46.6. The maximum Gasteiger partial charge on any atom is 0.268 e. The molecule has 0 aliphatic carbocycles. The van der Waals surface area contributed by atoms with E-state index in [4.69, 9.17) is 0 Å². The van der Waals surface area contributed by atoms with Crippen LogP contribution in [0.2, 0.25) is 0 Å². The van der Waals surface area contributed by atoms with Crippen LogP contribution in [0.5, 0.6) is 0 Å². The Hall–Kier alpha value is -6.83. The number of halogens is 4. The van der Waals surface area contributed by atoms with Crippen LogP contribution in [-0.2, 0) is 38.7 Å². The van der Waals surface area contributed by atoms with Gasteiger partial charge in [0.15, 0.2) is 11.2 Å². The van der Waals surface area contributed by atoms with Gasteiger partial charge in [0.25, 0.3) is 17.7 Å².